The van der Waals surface area contributed by atoms with Crippen molar-refractivity contribution < 1.29 is 26.7 Å². The first-order valence-corrected chi connectivity index (χ1v) is 19.3. The molecule has 0 spiro atoms. The molecule has 244 valence electrons. The van der Waals surface area contributed by atoms with Crippen molar-refractivity contribution in [1.82, 2.24) is 19.7 Å². The maximum Gasteiger partial charge on any atom is 0.192 e. The predicted octanol–water partition coefficient (Wildman–Crippen LogP) is 6.73. The van der Waals surface area contributed by atoms with E-state index < -0.39 is 41.1 Å². The summed E-state index contributed by atoms with van der Waals surface area (Å²) in [7, 11) is -3.74. The molecule has 0 saturated carbocycles. The second-order valence-corrected chi connectivity index (χ2v) is 19.8. The van der Waals surface area contributed by atoms with Crippen LogP contribution in [-0.2, 0) is 20.0 Å². The van der Waals surface area contributed by atoms with Crippen LogP contribution in [0.3, 0.4) is 0 Å². The Morgan fingerprint density at radius 1 is 1.04 bits per heavy atom. The minimum atomic E-state index is -4.11. The monoisotopic (exact) mass is 665 g/mol. The standard InChI is InChI=1S/C33H40FN5O5SSi/c1-21-15-24(19-36-18-21)32-38-37-29(39(32)30-27(42-6)11-10-12-28(30)43-7)20-45(40,41)22(2)31(44-46(8,9)33(3,4)5)25-14-13-23(17-35)16-26(25)34/h10-16,18-19,22,31H,20H2,1-9H3/t22-,31+/m1/s1. The Morgan fingerprint density at radius 2 is 1.70 bits per heavy atom. The van der Waals surface area contributed by atoms with Crippen LogP contribution in [0.5, 0.6) is 11.5 Å². The summed E-state index contributed by atoms with van der Waals surface area (Å²) in [5.74, 6) is -0.0165. The SMILES string of the molecule is COc1cccc(OC)c1-n1c(CS(=O)(=O)[C@H](C)[C@H](O[Si](C)(C)C(C)(C)C)c2ccc(C#N)cc2F)nnc1-c1cncc(C)c1. The summed E-state index contributed by atoms with van der Waals surface area (Å²) in [6, 6.07) is 13.0. The molecule has 0 saturated heterocycles. The lowest BCUT2D eigenvalue weighted by Gasteiger charge is -2.41. The Morgan fingerprint density at radius 3 is 2.24 bits per heavy atom. The third-order valence-corrected chi connectivity index (χ3v) is 15.0. The Hall–Kier alpha value is -4.12. The minimum absolute atomic E-state index is 0.0688. The Balaban J connectivity index is 1.89. The summed E-state index contributed by atoms with van der Waals surface area (Å²) in [5, 5.41) is 16.6. The van der Waals surface area contributed by atoms with Gasteiger partial charge in [0.1, 0.15) is 28.8 Å². The first kappa shape index (κ1) is 34.7. The van der Waals surface area contributed by atoms with Crippen molar-refractivity contribution in [3.8, 4) is 34.6 Å². The first-order valence-electron chi connectivity index (χ1n) is 14.7. The second-order valence-electron chi connectivity index (χ2n) is 12.7. The van der Waals surface area contributed by atoms with Gasteiger partial charge in [-0.25, -0.2) is 12.8 Å². The molecule has 0 radical (unpaired) electrons. The van der Waals surface area contributed by atoms with Crippen LogP contribution in [-0.4, -0.2) is 56.0 Å². The van der Waals surface area contributed by atoms with Gasteiger partial charge in [0.25, 0.3) is 0 Å². The Bertz CT molecular complexity index is 1860. The number of rotatable bonds is 11. The summed E-state index contributed by atoms with van der Waals surface area (Å²) >= 11 is 0. The highest BCUT2D eigenvalue weighted by molar-refractivity contribution is 7.91. The third kappa shape index (κ3) is 6.99. The van der Waals surface area contributed by atoms with E-state index in [-0.39, 0.29) is 22.0 Å². The average Bonchev–Trinajstić information content (AvgIpc) is 3.40. The van der Waals surface area contributed by atoms with Crippen molar-refractivity contribution >= 4 is 18.2 Å². The highest BCUT2D eigenvalue weighted by Crippen LogP contribution is 2.43. The Labute approximate surface area is 271 Å². The summed E-state index contributed by atoms with van der Waals surface area (Å²) in [6.45, 7) is 13.4. The number of aryl methyl sites for hydroxylation is 1. The number of methoxy groups -OCH3 is 2. The van der Waals surface area contributed by atoms with Crippen LogP contribution in [0.15, 0.2) is 54.9 Å². The lowest BCUT2D eigenvalue weighted by molar-refractivity contribution is 0.177. The number of nitrogens with zero attached hydrogens (tertiary/aromatic N) is 5. The van der Waals surface area contributed by atoms with Crippen LogP contribution in [0.1, 0.15) is 56.3 Å². The number of ether oxygens (including phenoxy) is 2. The van der Waals surface area contributed by atoms with Gasteiger partial charge in [-0.05, 0) is 67.9 Å². The second kappa shape index (κ2) is 13.3. The number of halogens is 1. The summed E-state index contributed by atoms with van der Waals surface area (Å²) in [6.07, 6.45) is 2.16. The molecule has 0 aliphatic carbocycles. The molecule has 0 aliphatic rings. The number of hydrogen-bond donors (Lipinski definition) is 0. The van der Waals surface area contributed by atoms with Gasteiger partial charge in [-0.3, -0.25) is 9.55 Å². The fraction of sp³-hybridized carbons (Fsp3) is 0.394. The van der Waals surface area contributed by atoms with E-state index in [0.29, 0.717) is 28.6 Å². The lowest BCUT2D eigenvalue weighted by atomic mass is 10.0. The molecule has 2 aromatic carbocycles. The highest BCUT2D eigenvalue weighted by atomic mass is 32.2. The van der Waals surface area contributed by atoms with Gasteiger partial charge in [0, 0.05) is 23.5 Å². The van der Waals surface area contributed by atoms with E-state index in [1.807, 2.05) is 52.9 Å². The first-order chi connectivity index (χ1) is 21.5. The molecule has 10 nitrogen and oxygen atoms in total. The van der Waals surface area contributed by atoms with Gasteiger partial charge in [0.15, 0.2) is 29.8 Å². The zero-order valence-corrected chi connectivity index (χ0v) is 29.4. The minimum Gasteiger partial charge on any atom is -0.494 e. The molecule has 4 rings (SSSR count). The number of nitriles is 1. The smallest absolute Gasteiger partial charge is 0.192 e. The van der Waals surface area contributed by atoms with Gasteiger partial charge < -0.3 is 13.9 Å². The number of hydrogen-bond acceptors (Lipinski definition) is 9. The van der Waals surface area contributed by atoms with Crippen LogP contribution >= 0.6 is 0 Å². The number of aromatic nitrogens is 4. The lowest BCUT2D eigenvalue weighted by Crippen LogP contribution is -2.45. The quantitative estimate of drug-likeness (QED) is 0.160. The van der Waals surface area contributed by atoms with E-state index in [0.717, 1.165) is 11.6 Å². The van der Waals surface area contributed by atoms with Crippen molar-refractivity contribution in [2.24, 2.45) is 0 Å². The molecular weight excluding hydrogens is 626 g/mol. The molecule has 0 amide bonds. The van der Waals surface area contributed by atoms with Crippen LogP contribution in [0.4, 0.5) is 4.39 Å². The molecular formula is C33H40FN5O5SSi. The van der Waals surface area contributed by atoms with Crippen LogP contribution < -0.4 is 9.47 Å². The number of benzene rings is 2. The summed E-state index contributed by atoms with van der Waals surface area (Å²) < 4.78 is 63.9. The maximum absolute atomic E-state index is 15.5. The van der Waals surface area contributed by atoms with Gasteiger partial charge in [-0.2, -0.15) is 5.26 Å². The zero-order valence-electron chi connectivity index (χ0n) is 27.6. The van der Waals surface area contributed by atoms with E-state index in [4.69, 9.17) is 13.9 Å². The average molecular weight is 666 g/mol. The maximum atomic E-state index is 15.5. The van der Waals surface area contributed by atoms with Gasteiger partial charge in [0.05, 0.1) is 37.2 Å². The molecule has 46 heavy (non-hydrogen) atoms. The number of sulfone groups is 1. The van der Waals surface area contributed by atoms with Gasteiger partial charge in [-0.1, -0.05) is 32.9 Å². The van der Waals surface area contributed by atoms with Crippen molar-refractivity contribution in [2.45, 2.75) is 69.9 Å². The molecule has 13 heteroatoms. The van der Waals surface area contributed by atoms with Gasteiger partial charge in [-0.15, -0.1) is 10.2 Å². The molecule has 0 N–H and O–H groups in total. The normalized spacial score (nSPS) is 13.6. The largest absolute Gasteiger partial charge is 0.494 e. The molecule has 0 fully saturated rings. The van der Waals surface area contributed by atoms with E-state index in [2.05, 4.69) is 15.2 Å². The van der Waals surface area contributed by atoms with E-state index in [1.54, 1.807) is 35.2 Å². The van der Waals surface area contributed by atoms with E-state index >= 15 is 4.39 Å². The van der Waals surface area contributed by atoms with Crippen molar-refractivity contribution in [2.75, 3.05) is 14.2 Å². The summed E-state index contributed by atoms with van der Waals surface area (Å²) in [5.41, 5.74) is 2.09. The molecule has 2 atom stereocenters. The van der Waals surface area contributed by atoms with Crippen molar-refractivity contribution in [1.29, 1.82) is 5.26 Å². The van der Waals surface area contributed by atoms with Crippen LogP contribution in [0.25, 0.3) is 17.1 Å². The molecule has 4 aromatic rings. The number of pyridine rings is 1. The molecule has 0 bridgehead atoms. The zero-order chi connectivity index (χ0) is 34.0. The van der Waals surface area contributed by atoms with Crippen molar-refractivity contribution in [3.63, 3.8) is 0 Å². The van der Waals surface area contributed by atoms with Crippen LogP contribution in [0.2, 0.25) is 18.1 Å². The van der Waals surface area contributed by atoms with Gasteiger partial charge >= 0.3 is 0 Å². The predicted molar refractivity (Wildman–Crippen MR) is 177 cm³/mol. The third-order valence-electron chi connectivity index (χ3n) is 8.48. The van der Waals surface area contributed by atoms with Crippen LogP contribution in [0, 0.1) is 24.1 Å². The molecule has 0 unspecified atom stereocenters. The highest BCUT2D eigenvalue weighted by Gasteiger charge is 2.44. The molecule has 0 aliphatic heterocycles. The van der Waals surface area contributed by atoms with Gasteiger partial charge in [0.2, 0.25) is 0 Å². The number of para-hydroxylation sites is 1. The van der Waals surface area contributed by atoms with E-state index in [1.165, 1.54) is 33.3 Å². The topological polar surface area (TPSA) is 129 Å². The fourth-order valence-corrected chi connectivity index (χ4v) is 7.60. The summed E-state index contributed by atoms with van der Waals surface area (Å²) in [4.78, 5) is 4.29. The van der Waals surface area contributed by atoms with Crippen molar-refractivity contribution in [3.05, 3.63) is 83.2 Å². The Kier molecular flexibility index (Phi) is 10.1. The molecule has 2 heterocycles. The molecule has 2 aromatic heterocycles. The fourth-order valence-electron chi connectivity index (χ4n) is 4.79. The van der Waals surface area contributed by atoms with E-state index in [9.17, 15) is 13.7 Å².